The first kappa shape index (κ1) is 19.8. The molecule has 0 spiro atoms. The molecule has 0 N–H and O–H groups in total. The first-order chi connectivity index (χ1) is 11.6. The van der Waals surface area contributed by atoms with Gasteiger partial charge in [0.15, 0.2) is 0 Å². The Morgan fingerprint density at radius 3 is 1.56 bits per heavy atom. The molecule has 0 aliphatic carbocycles. The molecule has 0 unspecified atom stereocenters. The summed E-state index contributed by atoms with van der Waals surface area (Å²) in [6, 6.07) is 9.82. The molecule has 0 heterocycles. The van der Waals surface area contributed by atoms with Gasteiger partial charge in [-0.2, -0.15) is 26.3 Å². The second-order valence-electron chi connectivity index (χ2n) is 5.60. The lowest BCUT2D eigenvalue weighted by Crippen LogP contribution is -2.18. The van der Waals surface area contributed by atoms with Gasteiger partial charge in [0.05, 0.1) is 11.1 Å². The fourth-order valence-corrected chi connectivity index (χ4v) is 4.99. The van der Waals surface area contributed by atoms with Crippen LogP contribution in [-0.2, 0) is 12.4 Å². The van der Waals surface area contributed by atoms with Gasteiger partial charge in [0.25, 0.3) is 0 Å². The average molecular weight is 378 g/mol. The Bertz CT molecular complexity index is 648. The summed E-state index contributed by atoms with van der Waals surface area (Å²) in [6.45, 7) is 1.94. The molecule has 2 aromatic carbocycles. The van der Waals surface area contributed by atoms with Crippen molar-refractivity contribution >= 4 is 18.5 Å². The highest BCUT2D eigenvalue weighted by Crippen LogP contribution is 2.39. The SMILES string of the molecule is CCCCP(c1cccc(C(F)(F)F)c1)c1cccc(C(F)(F)F)c1. The van der Waals surface area contributed by atoms with Crippen LogP contribution in [0.15, 0.2) is 48.5 Å². The second kappa shape index (κ2) is 7.77. The molecular formula is C18H17F6P. The Morgan fingerprint density at radius 1 is 0.760 bits per heavy atom. The van der Waals surface area contributed by atoms with Crippen LogP contribution in [0.25, 0.3) is 0 Å². The number of rotatable bonds is 5. The van der Waals surface area contributed by atoms with E-state index in [0.717, 1.165) is 37.1 Å². The Kier molecular flexibility index (Phi) is 6.15. The maximum absolute atomic E-state index is 13.0. The van der Waals surface area contributed by atoms with Crippen LogP contribution in [0.1, 0.15) is 30.9 Å². The third-order valence-corrected chi connectivity index (χ3v) is 6.27. The van der Waals surface area contributed by atoms with Crippen molar-refractivity contribution in [1.82, 2.24) is 0 Å². The number of halogens is 6. The molecular weight excluding hydrogens is 361 g/mol. The quantitative estimate of drug-likeness (QED) is 0.445. The van der Waals surface area contributed by atoms with Gasteiger partial charge in [0.1, 0.15) is 0 Å². The lowest BCUT2D eigenvalue weighted by molar-refractivity contribution is -0.138. The Morgan fingerprint density at radius 2 is 1.20 bits per heavy atom. The van der Waals surface area contributed by atoms with Crippen LogP contribution >= 0.6 is 7.92 Å². The van der Waals surface area contributed by atoms with Crippen LogP contribution in [0.3, 0.4) is 0 Å². The maximum atomic E-state index is 13.0. The number of hydrogen-bond acceptors (Lipinski definition) is 0. The zero-order valence-electron chi connectivity index (χ0n) is 13.5. The minimum absolute atomic E-state index is 0.442. The zero-order valence-corrected chi connectivity index (χ0v) is 14.3. The predicted octanol–water partition coefficient (Wildman–Crippen LogP) is 5.96. The highest BCUT2D eigenvalue weighted by molar-refractivity contribution is 7.73. The van der Waals surface area contributed by atoms with Crippen molar-refractivity contribution < 1.29 is 26.3 Å². The van der Waals surface area contributed by atoms with Crippen molar-refractivity contribution in [3.05, 3.63) is 59.7 Å². The number of alkyl halides is 6. The van der Waals surface area contributed by atoms with E-state index in [1.54, 1.807) is 12.1 Å². The van der Waals surface area contributed by atoms with Crippen molar-refractivity contribution in [1.29, 1.82) is 0 Å². The summed E-state index contributed by atoms with van der Waals surface area (Å²) in [4.78, 5) is 0. The Balaban J connectivity index is 2.47. The van der Waals surface area contributed by atoms with Crippen LogP contribution in [0, 0.1) is 0 Å². The summed E-state index contributed by atoms with van der Waals surface area (Å²) in [6.07, 6.45) is -6.85. The average Bonchev–Trinajstić information content (AvgIpc) is 2.54. The van der Waals surface area contributed by atoms with Gasteiger partial charge in [-0.1, -0.05) is 37.6 Å². The molecule has 0 atom stereocenters. The highest BCUT2D eigenvalue weighted by Gasteiger charge is 2.32. The molecule has 0 saturated heterocycles. The minimum atomic E-state index is -4.48. The molecule has 136 valence electrons. The Hall–Kier alpha value is -1.55. The molecule has 0 fully saturated rings. The first-order valence-electron chi connectivity index (χ1n) is 7.75. The van der Waals surface area contributed by atoms with E-state index in [-0.39, 0.29) is 0 Å². The fraction of sp³-hybridized carbons (Fsp3) is 0.333. The van der Waals surface area contributed by atoms with Gasteiger partial charge in [0.2, 0.25) is 0 Å². The van der Waals surface area contributed by atoms with Gasteiger partial charge in [0, 0.05) is 0 Å². The third-order valence-electron chi connectivity index (χ3n) is 3.71. The summed E-state index contributed by atoms with van der Waals surface area (Å²) >= 11 is 0. The van der Waals surface area contributed by atoms with Gasteiger partial charge in [-0.15, -0.1) is 0 Å². The van der Waals surface area contributed by atoms with Crippen molar-refractivity contribution in [2.75, 3.05) is 6.16 Å². The fourth-order valence-electron chi connectivity index (χ4n) is 2.42. The van der Waals surface area contributed by atoms with Crippen LogP contribution < -0.4 is 10.6 Å². The van der Waals surface area contributed by atoms with E-state index in [1.807, 2.05) is 6.92 Å². The van der Waals surface area contributed by atoms with Gasteiger partial charge in [-0.05, 0) is 55.4 Å². The molecule has 25 heavy (non-hydrogen) atoms. The molecule has 0 saturated carbocycles. The highest BCUT2D eigenvalue weighted by atomic mass is 31.1. The van der Waals surface area contributed by atoms with Crippen LogP contribution in [0.2, 0.25) is 0 Å². The van der Waals surface area contributed by atoms with Gasteiger partial charge < -0.3 is 0 Å². The molecule has 0 nitrogen and oxygen atoms in total. The molecule has 2 aromatic rings. The predicted molar refractivity (Wildman–Crippen MR) is 88.9 cm³/mol. The Labute approximate surface area is 143 Å². The molecule has 0 bridgehead atoms. The molecule has 0 radical (unpaired) electrons. The molecule has 2 rings (SSSR count). The van der Waals surface area contributed by atoms with Gasteiger partial charge in [-0.25, -0.2) is 0 Å². The lowest BCUT2D eigenvalue weighted by Gasteiger charge is -2.21. The third kappa shape index (κ3) is 5.21. The molecule has 0 aliphatic rings. The number of benzene rings is 2. The minimum Gasteiger partial charge on any atom is -0.166 e. The smallest absolute Gasteiger partial charge is 0.166 e. The second-order valence-corrected chi connectivity index (χ2v) is 7.94. The van der Waals surface area contributed by atoms with E-state index in [4.69, 9.17) is 0 Å². The number of unbranched alkanes of at least 4 members (excludes halogenated alkanes) is 1. The van der Waals surface area contributed by atoms with Gasteiger partial charge in [-0.3, -0.25) is 0 Å². The van der Waals surface area contributed by atoms with Crippen molar-refractivity contribution in [2.24, 2.45) is 0 Å². The van der Waals surface area contributed by atoms with Crippen LogP contribution in [-0.4, -0.2) is 6.16 Å². The lowest BCUT2D eigenvalue weighted by atomic mass is 10.2. The summed E-state index contributed by atoms with van der Waals surface area (Å²) in [5.41, 5.74) is -1.55. The topological polar surface area (TPSA) is 0 Å². The summed E-state index contributed by atoms with van der Waals surface area (Å²) in [5.74, 6) is 0. The van der Waals surface area contributed by atoms with Gasteiger partial charge >= 0.3 is 12.4 Å². The van der Waals surface area contributed by atoms with E-state index in [9.17, 15) is 26.3 Å². The van der Waals surface area contributed by atoms with Crippen molar-refractivity contribution in [3.63, 3.8) is 0 Å². The van der Waals surface area contributed by atoms with E-state index >= 15 is 0 Å². The molecule has 0 aliphatic heterocycles. The van der Waals surface area contributed by atoms with Crippen molar-refractivity contribution in [2.45, 2.75) is 32.1 Å². The standard InChI is InChI=1S/C18H17F6P/c1-2-3-10-25(15-8-4-6-13(11-15)17(19,20)21)16-9-5-7-14(12-16)18(22,23)24/h4-9,11-12H,2-3,10H2,1H3. The zero-order chi connectivity index (χ0) is 18.7. The monoisotopic (exact) mass is 378 g/mol. The molecule has 0 aromatic heterocycles. The van der Waals surface area contributed by atoms with Crippen molar-refractivity contribution in [3.8, 4) is 0 Å². The largest absolute Gasteiger partial charge is 0.416 e. The maximum Gasteiger partial charge on any atom is 0.416 e. The molecule has 7 heteroatoms. The van der Waals surface area contributed by atoms with E-state index in [1.165, 1.54) is 12.1 Å². The first-order valence-corrected chi connectivity index (χ1v) is 9.27. The van der Waals surface area contributed by atoms with Crippen LogP contribution in [0.5, 0.6) is 0 Å². The normalized spacial score (nSPS) is 12.6. The summed E-state index contributed by atoms with van der Waals surface area (Å²) in [5, 5.41) is 0.884. The number of hydrogen-bond donors (Lipinski definition) is 0. The van der Waals surface area contributed by atoms with Crippen LogP contribution in [0.4, 0.5) is 26.3 Å². The molecule has 0 amide bonds. The van der Waals surface area contributed by atoms with E-state index < -0.39 is 31.4 Å². The van der Waals surface area contributed by atoms with E-state index in [2.05, 4.69) is 0 Å². The summed E-state index contributed by atoms with van der Waals surface area (Å²) < 4.78 is 77.8. The summed E-state index contributed by atoms with van der Waals surface area (Å²) in [7, 11) is -1.28. The van der Waals surface area contributed by atoms with E-state index in [0.29, 0.717) is 16.8 Å².